The highest BCUT2D eigenvalue weighted by molar-refractivity contribution is 5.73. The number of nitrogens with two attached hydrogens (primary N) is 1. The molecule has 2 N–H and O–H groups in total. The minimum absolute atomic E-state index is 0.787. The van der Waals surface area contributed by atoms with Gasteiger partial charge in [-0.05, 0) is 35.6 Å². The quantitative estimate of drug-likeness (QED) is 0.774. The summed E-state index contributed by atoms with van der Waals surface area (Å²) in [4.78, 5) is 0. The summed E-state index contributed by atoms with van der Waals surface area (Å²) in [6, 6.07) is 10.1. The summed E-state index contributed by atoms with van der Waals surface area (Å²) in [6.07, 6.45) is 10.5. The highest BCUT2D eigenvalue weighted by Crippen LogP contribution is 2.19. The van der Waals surface area contributed by atoms with Crippen molar-refractivity contribution in [3.8, 4) is 0 Å². The first-order valence-corrected chi connectivity index (χ1v) is 5.86. The van der Waals surface area contributed by atoms with Crippen LogP contribution in [0.2, 0.25) is 0 Å². The molecule has 1 nitrogen and oxygen atoms in total. The molecule has 17 heavy (non-hydrogen) atoms. The Hall–Kier alpha value is -2.02. The third-order valence-electron chi connectivity index (χ3n) is 2.80. The average molecular weight is 223 g/mol. The van der Waals surface area contributed by atoms with E-state index < -0.39 is 0 Å². The van der Waals surface area contributed by atoms with Crippen LogP contribution >= 0.6 is 0 Å². The largest absolute Gasteiger partial charge is 0.398 e. The van der Waals surface area contributed by atoms with E-state index in [4.69, 9.17) is 5.73 Å². The average Bonchev–Trinajstić information content (AvgIpc) is 2.40. The van der Waals surface area contributed by atoms with Gasteiger partial charge in [0.25, 0.3) is 0 Å². The fourth-order valence-corrected chi connectivity index (χ4v) is 1.83. The Kier molecular flexibility index (Phi) is 3.61. The molecule has 1 aliphatic carbocycles. The van der Waals surface area contributed by atoms with Gasteiger partial charge >= 0.3 is 0 Å². The molecule has 1 aliphatic rings. The smallest absolute Gasteiger partial charge is 0.0390 e. The lowest BCUT2D eigenvalue weighted by Gasteiger charge is -2.08. The zero-order valence-corrected chi connectivity index (χ0v) is 9.89. The summed E-state index contributed by atoms with van der Waals surface area (Å²) in [5.41, 5.74) is 10.0. The Bertz CT molecular complexity index is 490. The Morgan fingerprint density at radius 1 is 1.18 bits per heavy atom. The van der Waals surface area contributed by atoms with Crippen LogP contribution in [0.1, 0.15) is 18.4 Å². The van der Waals surface area contributed by atoms with Crippen molar-refractivity contribution >= 4 is 5.57 Å². The number of hydrogen-bond acceptors (Lipinski definition) is 1. The third-order valence-corrected chi connectivity index (χ3v) is 2.80. The third kappa shape index (κ3) is 2.97. The Labute approximate surface area is 103 Å². The SMILES string of the molecule is C=C(/C=C(\N)C1=CCCC=C1)c1ccccc1. The molecule has 1 heteroatoms. The van der Waals surface area contributed by atoms with E-state index in [-0.39, 0.29) is 0 Å². The molecule has 1 aromatic rings. The van der Waals surface area contributed by atoms with Crippen LogP contribution in [0.25, 0.3) is 5.57 Å². The molecule has 0 aromatic heterocycles. The first kappa shape index (κ1) is 11.5. The minimum Gasteiger partial charge on any atom is -0.398 e. The molecule has 0 unspecified atom stereocenters. The fourth-order valence-electron chi connectivity index (χ4n) is 1.83. The normalized spacial score (nSPS) is 15.5. The predicted octanol–water partition coefficient (Wildman–Crippen LogP) is 3.82. The number of rotatable bonds is 3. The van der Waals surface area contributed by atoms with Gasteiger partial charge in [-0.15, -0.1) is 0 Å². The second-order valence-corrected chi connectivity index (χ2v) is 4.13. The zero-order chi connectivity index (χ0) is 12.1. The standard InChI is InChI=1S/C16H17N/c1-13(14-8-4-2-5-9-14)12-16(17)15-10-6-3-7-11-15/h2,4-6,8-12H,1,3,7,17H2/b16-12-. The van der Waals surface area contributed by atoms with E-state index in [1.807, 2.05) is 36.4 Å². The maximum absolute atomic E-state index is 6.07. The van der Waals surface area contributed by atoms with Crippen LogP contribution in [-0.2, 0) is 0 Å². The van der Waals surface area contributed by atoms with Crippen LogP contribution in [0.4, 0.5) is 0 Å². The second kappa shape index (κ2) is 5.35. The molecule has 0 aliphatic heterocycles. The van der Waals surface area contributed by atoms with Crippen LogP contribution in [0.5, 0.6) is 0 Å². The second-order valence-electron chi connectivity index (χ2n) is 4.13. The van der Waals surface area contributed by atoms with Gasteiger partial charge in [-0.2, -0.15) is 0 Å². The summed E-state index contributed by atoms with van der Waals surface area (Å²) < 4.78 is 0. The monoisotopic (exact) mass is 223 g/mol. The topological polar surface area (TPSA) is 26.0 Å². The van der Waals surface area contributed by atoms with Crippen LogP contribution in [0.15, 0.2) is 72.5 Å². The molecule has 0 spiro atoms. The molecule has 0 heterocycles. The fraction of sp³-hybridized carbons (Fsp3) is 0.125. The summed E-state index contributed by atoms with van der Waals surface area (Å²) in [5, 5.41) is 0. The van der Waals surface area contributed by atoms with Crippen molar-refractivity contribution in [1.29, 1.82) is 0 Å². The van der Waals surface area contributed by atoms with Gasteiger partial charge in [0, 0.05) is 5.70 Å². The van der Waals surface area contributed by atoms with Gasteiger partial charge in [0.2, 0.25) is 0 Å². The van der Waals surface area contributed by atoms with Gasteiger partial charge < -0.3 is 5.73 Å². The number of allylic oxidation sites excluding steroid dienone is 5. The van der Waals surface area contributed by atoms with Gasteiger partial charge in [0.1, 0.15) is 0 Å². The van der Waals surface area contributed by atoms with Gasteiger partial charge in [-0.25, -0.2) is 0 Å². The van der Waals surface area contributed by atoms with Crippen molar-refractivity contribution in [2.24, 2.45) is 5.73 Å². The summed E-state index contributed by atoms with van der Waals surface area (Å²) in [6.45, 7) is 4.05. The van der Waals surface area contributed by atoms with Gasteiger partial charge in [0.15, 0.2) is 0 Å². The molecule has 2 rings (SSSR count). The van der Waals surface area contributed by atoms with E-state index in [1.54, 1.807) is 0 Å². The molecular formula is C16H17N. The van der Waals surface area contributed by atoms with Crippen molar-refractivity contribution in [1.82, 2.24) is 0 Å². The van der Waals surface area contributed by atoms with Crippen molar-refractivity contribution in [2.45, 2.75) is 12.8 Å². The van der Waals surface area contributed by atoms with E-state index in [0.29, 0.717) is 0 Å². The molecule has 0 fully saturated rings. The van der Waals surface area contributed by atoms with Gasteiger partial charge in [-0.1, -0.05) is 55.1 Å². The van der Waals surface area contributed by atoms with Crippen LogP contribution in [0.3, 0.4) is 0 Å². The van der Waals surface area contributed by atoms with Crippen LogP contribution < -0.4 is 5.73 Å². The predicted molar refractivity (Wildman–Crippen MR) is 74.2 cm³/mol. The summed E-state index contributed by atoms with van der Waals surface area (Å²) in [7, 11) is 0. The Morgan fingerprint density at radius 2 is 1.94 bits per heavy atom. The van der Waals surface area contributed by atoms with E-state index in [9.17, 15) is 0 Å². The molecule has 0 atom stereocenters. The van der Waals surface area contributed by atoms with E-state index >= 15 is 0 Å². The maximum atomic E-state index is 6.07. The molecule has 0 bridgehead atoms. The highest BCUT2D eigenvalue weighted by atomic mass is 14.6. The molecular weight excluding hydrogens is 206 g/mol. The van der Waals surface area contributed by atoms with Crippen LogP contribution in [-0.4, -0.2) is 0 Å². The Morgan fingerprint density at radius 3 is 2.59 bits per heavy atom. The zero-order valence-electron chi connectivity index (χ0n) is 9.89. The van der Waals surface area contributed by atoms with Crippen LogP contribution in [0, 0.1) is 0 Å². The minimum atomic E-state index is 0.787. The Balaban J connectivity index is 2.17. The number of hydrogen-bond donors (Lipinski definition) is 1. The van der Waals surface area contributed by atoms with Crippen molar-refractivity contribution < 1.29 is 0 Å². The lowest BCUT2D eigenvalue weighted by Crippen LogP contribution is -2.01. The van der Waals surface area contributed by atoms with E-state index in [0.717, 1.165) is 35.2 Å². The van der Waals surface area contributed by atoms with E-state index in [1.165, 1.54) is 0 Å². The lowest BCUT2D eigenvalue weighted by atomic mass is 10.0. The van der Waals surface area contributed by atoms with Gasteiger partial charge in [-0.3, -0.25) is 0 Å². The molecule has 0 radical (unpaired) electrons. The van der Waals surface area contributed by atoms with Crippen molar-refractivity contribution in [3.63, 3.8) is 0 Å². The molecule has 1 aromatic carbocycles. The first-order chi connectivity index (χ1) is 8.27. The summed E-state index contributed by atoms with van der Waals surface area (Å²) >= 11 is 0. The van der Waals surface area contributed by atoms with Crippen molar-refractivity contribution in [2.75, 3.05) is 0 Å². The lowest BCUT2D eigenvalue weighted by molar-refractivity contribution is 1.02. The molecule has 0 saturated heterocycles. The molecule has 0 saturated carbocycles. The maximum Gasteiger partial charge on any atom is 0.0390 e. The molecule has 0 amide bonds. The number of benzene rings is 1. The molecule has 86 valence electrons. The van der Waals surface area contributed by atoms with Gasteiger partial charge in [0.05, 0.1) is 0 Å². The van der Waals surface area contributed by atoms with E-state index in [2.05, 4.69) is 24.8 Å². The highest BCUT2D eigenvalue weighted by Gasteiger charge is 2.02. The van der Waals surface area contributed by atoms with Crippen molar-refractivity contribution in [3.05, 3.63) is 78.0 Å². The summed E-state index contributed by atoms with van der Waals surface area (Å²) in [5.74, 6) is 0. The first-order valence-electron chi connectivity index (χ1n) is 5.86.